The number of aryl methyl sites for hydroxylation is 2. The minimum atomic E-state index is -2.78. The first-order valence-electron chi connectivity index (χ1n) is 7.38. The number of hydrogen-bond donors (Lipinski definition) is 1. The van der Waals surface area contributed by atoms with Gasteiger partial charge in [0.15, 0.2) is 0 Å². The zero-order chi connectivity index (χ0) is 15.5. The van der Waals surface area contributed by atoms with Crippen LogP contribution in [0.2, 0.25) is 0 Å². The summed E-state index contributed by atoms with van der Waals surface area (Å²) >= 11 is 0. The molecule has 0 aliphatic heterocycles. The molecular weight excluding hydrogens is 286 g/mol. The average Bonchev–Trinajstić information content (AvgIpc) is 2.46. The molecule has 116 valence electrons. The molecule has 0 saturated carbocycles. The molecule has 1 atom stereocenters. The van der Waals surface area contributed by atoms with Crippen molar-refractivity contribution in [2.45, 2.75) is 38.8 Å². The summed E-state index contributed by atoms with van der Waals surface area (Å²) in [6.45, 7) is -0.830. The van der Waals surface area contributed by atoms with Gasteiger partial charge >= 0.3 is 6.61 Å². The molecule has 1 heterocycles. The van der Waals surface area contributed by atoms with E-state index in [9.17, 15) is 8.78 Å². The predicted molar refractivity (Wildman–Crippen MR) is 81.3 cm³/mol. The summed E-state index contributed by atoms with van der Waals surface area (Å²) in [6.07, 6.45) is 4.71. The van der Waals surface area contributed by atoms with Crippen molar-refractivity contribution in [3.05, 3.63) is 53.3 Å². The molecule has 0 amide bonds. The molecular formula is C17H18F2N2O. The molecule has 1 aromatic heterocycles. The lowest BCUT2D eigenvalue weighted by Crippen LogP contribution is -2.17. The highest BCUT2D eigenvalue weighted by Gasteiger charge is 2.21. The summed E-state index contributed by atoms with van der Waals surface area (Å²) in [6, 6.07) is 9.36. The second-order valence-corrected chi connectivity index (χ2v) is 5.51. The van der Waals surface area contributed by atoms with E-state index >= 15 is 0 Å². The molecule has 5 heteroatoms. The molecule has 2 aromatic rings. The number of benzene rings is 1. The zero-order valence-electron chi connectivity index (χ0n) is 12.4. The largest absolute Gasteiger partial charge is 0.435 e. The third-order valence-electron chi connectivity index (χ3n) is 3.89. The molecule has 3 nitrogen and oxygen atoms in total. The number of pyridine rings is 1. The first-order chi connectivity index (χ1) is 10.6. The zero-order valence-corrected chi connectivity index (χ0v) is 12.4. The fourth-order valence-electron chi connectivity index (χ4n) is 2.95. The third-order valence-corrected chi connectivity index (χ3v) is 3.89. The molecule has 1 aliphatic carbocycles. The summed E-state index contributed by atoms with van der Waals surface area (Å²) in [5.41, 5.74) is 4.22. The number of alkyl halides is 2. The van der Waals surface area contributed by atoms with Crippen LogP contribution in [0.15, 0.2) is 36.5 Å². The first-order valence-corrected chi connectivity index (χ1v) is 7.38. The molecule has 1 N–H and O–H groups in total. The van der Waals surface area contributed by atoms with E-state index in [1.807, 2.05) is 25.1 Å². The van der Waals surface area contributed by atoms with Crippen LogP contribution in [0.1, 0.15) is 35.7 Å². The molecule has 0 bridgehead atoms. The molecule has 1 unspecified atom stereocenters. The number of anilines is 1. The lowest BCUT2D eigenvalue weighted by Gasteiger charge is -2.27. The fraction of sp³-hybridized carbons (Fsp3) is 0.353. The number of aromatic nitrogens is 1. The number of nitrogens with one attached hydrogen (secondary N) is 1. The quantitative estimate of drug-likeness (QED) is 0.904. The van der Waals surface area contributed by atoms with Crippen LogP contribution >= 0.6 is 0 Å². The number of ether oxygens (including phenoxy) is 1. The van der Waals surface area contributed by atoms with Gasteiger partial charge in [0.2, 0.25) is 0 Å². The summed E-state index contributed by atoms with van der Waals surface area (Å²) in [5.74, 6) is 0.231. The smallest absolute Gasteiger partial charge is 0.387 e. The van der Waals surface area contributed by atoms with E-state index in [0.717, 1.165) is 41.8 Å². The number of rotatable bonds is 4. The van der Waals surface area contributed by atoms with Gasteiger partial charge in [0.1, 0.15) is 5.75 Å². The van der Waals surface area contributed by atoms with E-state index in [1.165, 1.54) is 0 Å². The van der Waals surface area contributed by atoms with Crippen LogP contribution in [0.3, 0.4) is 0 Å². The predicted octanol–water partition coefficient (Wildman–Crippen LogP) is 4.48. The number of halogens is 2. The van der Waals surface area contributed by atoms with Crippen LogP contribution < -0.4 is 10.1 Å². The van der Waals surface area contributed by atoms with Crippen LogP contribution in [0.5, 0.6) is 5.75 Å². The van der Waals surface area contributed by atoms with Gasteiger partial charge in [0.05, 0.1) is 6.04 Å². The maximum absolute atomic E-state index is 12.3. The van der Waals surface area contributed by atoms with Gasteiger partial charge in [-0.1, -0.05) is 6.07 Å². The van der Waals surface area contributed by atoms with Crippen molar-refractivity contribution in [1.29, 1.82) is 0 Å². The van der Waals surface area contributed by atoms with Crippen molar-refractivity contribution < 1.29 is 13.5 Å². The van der Waals surface area contributed by atoms with Gasteiger partial charge in [-0.3, -0.25) is 4.98 Å². The van der Waals surface area contributed by atoms with Gasteiger partial charge in [0, 0.05) is 17.6 Å². The summed E-state index contributed by atoms with van der Waals surface area (Å²) in [5, 5.41) is 3.51. The van der Waals surface area contributed by atoms with E-state index in [-0.39, 0.29) is 11.8 Å². The standard InChI is InChI=1S/C17H18F2N2O/c1-11-9-13(7-8-20-11)21-16-4-2-3-12-10-14(22-17(18)19)5-6-15(12)16/h5-10,16-17H,2-4H2,1H3,(H,20,21). The van der Waals surface area contributed by atoms with Gasteiger partial charge in [-0.05, 0) is 61.6 Å². The number of hydrogen-bond acceptors (Lipinski definition) is 3. The molecule has 0 saturated heterocycles. The van der Waals surface area contributed by atoms with E-state index in [1.54, 1.807) is 18.3 Å². The Labute approximate surface area is 128 Å². The SMILES string of the molecule is Cc1cc(NC2CCCc3cc(OC(F)F)ccc32)ccn1. The molecule has 0 radical (unpaired) electrons. The van der Waals surface area contributed by atoms with Crippen molar-refractivity contribution in [3.8, 4) is 5.75 Å². The molecule has 3 rings (SSSR count). The van der Waals surface area contributed by atoms with Crippen molar-refractivity contribution in [2.24, 2.45) is 0 Å². The van der Waals surface area contributed by atoms with Gasteiger partial charge in [-0.2, -0.15) is 8.78 Å². The first kappa shape index (κ1) is 14.8. The van der Waals surface area contributed by atoms with Gasteiger partial charge in [-0.25, -0.2) is 0 Å². The van der Waals surface area contributed by atoms with Crippen LogP contribution in [0.4, 0.5) is 14.5 Å². The van der Waals surface area contributed by atoms with Crippen LogP contribution in [-0.2, 0) is 6.42 Å². The minimum absolute atomic E-state index is 0.186. The van der Waals surface area contributed by atoms with Crippen LogP contribution in [0, 0.1) is 6.92 Å². The van der Waals surface area contributed by atoms with Crippen molar-refractivity contribution in [3.63, 3.8) is 0 Å². The molecule has 1 aliphatic rings. The average molecular weight is 304 g/mol. The Morgan fingerprint density at radius 1 is 1.27 bits per heavy atom. The Kier molecular flexibility index (Phi) is 4.22. The Morgan fingerprint density at radius 3 is 2.91 bits per heavy atom. The van der Waals surface area contributed by atoms with Crippen LogP contribution in [0.25, 0.3) is 0 Å². The highest BCUT2D eigenvalue weighted by atomic mass is 19.3. The Hall–Kier alpha value is -2.17. The topological polar surface area (TPSA) is 34.1 Å². The number of nitrogens with zero attached hydrogens (tertiary/aromatic N) is 1. The van der Waals surface area contributed by atoms with Crippen molar-refractivity contribution >= 4 is 5.69 Å². The Morgan fingerprint density at radius 2 is 2.14 bits per heavy atom. The molecule has 0 spiro atoms. The molecule has 1 aromatic carbocycles. The van der Waals surface area contributed by atoms with Crippen molar-refractivity contribution in [1.82, 2.24) is 4.98 Å². The normalized spacial score (nSPS) is 17.2. The second kappa shape index (κ2) is 6.30. The van der Waals surface area contributed by atoms with Crippen LogP contribution in [-0.4, -0.2) is 11.6 Å². The summed E-state index contributed by atoms with van der Waals surface area (Å²) in [4.78, 5) is 4.19. The van der Waals surface area contributed by atoms with E-state index in [4.69, 9.17) is 0 Å². The molecule has 0 fully saturated rings. The molecule has 22 heavy (non-hydrogen) atoms. The summed E-state index contributed by atoms with van der Waals surface area (Å²) in [7, 11) is 0. The maximum atomic E-state index is 12.3. The summed E-state index contributed by atoms with van der Waals surface area (Å²) < 4.78 is 29.1. The highest BCUT2D eigenvalue weighted by Crippen LogP contribution is 2.34. The van der Waals surface area contributed by atoms with E-state index in [2.05, 4.69) is 15.0 Å². The fourth-order valence-corrected chi connectivity index (χ4v) is 2.95. The lowest BCUT2D eigenvalue weighted by molar-refractivity contribution is -0.0499. The minimum Gasteiger partial charge on any atom is -0.435 e. The van der Waals surface area contributed by atoms with Gasteiger partial charge in [-0.15, -0.1) is 0 Å². The lowest BCUT2D eigenvalue weighted by atomic mass is 9.87. The maximum Gasteiger partial charge on any atom is 0.387 e. The van der Waals surface area contributed by atoms with E-state index in [0.29, 0.717) is 0 Å². The van der Waals surface area contributed by atoms with Gasteiger partial charge < -0.3 is 10.1 Å². The van der Waals surface area contributed by atoms with E-state index < -0.39 is 6.61 Å². The van der Waals surface area contributed by atoms with Crippen molar-refractivity contribution in [2.75, 3.05) is 5.32 Å². The highest BCUT2D eigenvalue weighted by molar-refractivity contribution is 5.48. The van der Waals surface area contributed by atoms with Gasteiger partial charge in [0.25, 0.3) is 0 Å². The number of fused-ring (bicyclic) bond motifs is 1. The third kappa shape index (κ3) is 3.35. The monoisotopic (exact) mass is 304 g/mol. The Balaban J connectivity index is 1.82. The Bertz CT molecular complexity index is 661. The second-order valence-electron chi connectivity index (χ2n) is 5.51.